The number of carbonyl (C=O) groups excluding carboxylic acids is 1. The van der Waals surface area contributed by atoms with Crippen LogP contribution in [0.25, 0.3) is 0 Å². The summed E-state index contributed by atoms with van der Waals surface area (Å²) in [6, 6.07) is 1.82. The number of nitrogens with one attached hydrogen (secondary N) is 2. The quantitative estimate of drug-likeness (QED) is 0.647. The molecule has 0 bridgehead atoms. The van der Waals surface area contributed by atoms with E-state index in [1.807, 2.05) is 6.07 Å². The van der Waals surface area contributed by atoms with E-state index in [1.54, 1.807) is 0 Å². The number of aromatic amines is 1. The Bertz CT molecular complexity index is 418. The zero-order chi connectivity index (χ0) is 11.3. The van der Waals surface area contributed by atoms with E-state index in [-0.39, 0.29) is 24.2 Å². The van der Waals surface area contributed by atoms with Crippen LogP contribution in [0.5, 0.6) is 0 Å². The molecule has 0 aliphatic rings. The lowest BCUT2D eigenvalue weighted by atomic mass is 10.3. The van der Waals surface area contributed by atoms with Crippen molar-refractivity contribution in [3.63, 3.8) is 0 Å². The number of carboxylic acids is 1. The van der Waals surface area contributed by atoms with Crippen molar-refractivity contribution in [3.05, 3.63) is 11.8 Å². The number of hydrogen-bond acceptors (Lipinski definition) is 4. The van der Waals surface area contributed by atoms with Gasteiger partial charge in [-0.25, -0.2) is 0 Å². The van der Waals surface area contributed by atoms with Gasteiger partial charge in [0.05, 0.1) is 12.6 Å². The van der Waals surface area contributed by atoms with Crippen LogP contribution in [0.2, 0.25) is 0 Å². The minimum Gasteiger partial charge on any atom is -0.481 e. The number of carbonyl (C=O) groups is 2. The van der Waals surface area contributed by atoms with Crippen molar-refractivity contribution in [1.82, 2.24) is 10.2 Å². The highest BCUT2D eigenvalue weighted by atomic mass is 16.4. The summed E-state index contributed by atoms with van der Waals surface area (Å²) < 4.78 is 0. The maximum atomic E-state index is 11.2. The average Bonchev–Trinajstić information content (AvgIpc) is 2.62. The van der Waals surface area contributed by atoms with Gasteiger partial charge in [0.15, 0.2) is 0 Å². The summed E-state index contributed by atoms with van der Waals surface area (Å²) in [5, 5.41) is 25.3. The Morgan fingerprint density at radius 1 is 1.60 bits per heavy atom. The molecule has 0 unspecified atom stereocenters. The number of aromatic nitrogens is 2. The average molecular weight is 208 g/mol. The molecule has 7 nitrogen and oxygen atoms in total. The molecule has 7 heteroatoms. The molecule has 78 valence electrons. The number of rotatable bonds is 4. The number of nitriles is 1. The van der Waals surface area contributed by atoms with Crippen molar-refractivity contribution in [1.29, 1.82) is 5.26 Å². The van der Waals surface area contributed by atoms with Crippen LogP contribution in [-0.4, -0.2) is 27.2 Å². The molecule has 0 radical (unpaired) electrons. The Hall–Kier alpha value is -2.36. The van der Waals surface area contributed by atoms with E-state index in [1.165, 1.54) is 6.20 Å². The summed E-state index contributed by atoms with van der Waals surface area (Å²) in [7, 11) is 0. The molecule has 0 saturated heterocycles. The first-order valence-corrected chi connectivity index (χ1v) is 4.08. The Morgan fingerprint density at radius 3 is 2.93 bits per heavy atom. The summed E-state index contributed by atoms with van der Waals surface area (Å²) in [5.41, 5.74) is 0.207. The number of amides is 1. The van der Waals surface area contributed by atoms with Gasteiger partial charge in [-0.2, -0.15) is 10.4 Å². The van der Waals surface area contributed by atoms with Gasteiger partial charge >= 0.3 is 5.97 Å². The molecule has 1 heterocycles. The van der Waals surface area contributed by atoms with Crippen molar-refractivity contribution in [2.24, 2.45) is 0 Å². The predicted molar refractivity (Wildman–Crippen MR) is 48.8 cm³/mol. The Labute approximate surface area is 84.7 Å². The van der Waals surface area contributed by atoms with Gasteiger partial charge in [-0.05, 0) is 0 Å². The van der Waals surface area contributed by atoms with Crippen LogP contribution >= 0.6 is 0 Å². The van der Waals surface area contributed by atoms with E-state index in [4.69, 9.17) is 10.4 Å². The van der Waals surface area contributed by atoms with Gasteiger partial charge in [0.1, 0.15) is 17.5 Å². The first-order chi connectivity index (χ1) is 7.13. The van der Waals surface area contributed by atoms with Gasteiger partial charge in [-0.15, -0.1) is 0 Å². The van der Waals surface area contributed by atoms with Gasteiger partial charge < -0.3 is 10.4 Å². The number of carboxylic acid groups (broad SMARTS) is 1. The molecule has 0 saturated carbocycles. The molecule has 0 aromatic carbocycles. The third-order valence-corrected chi connectivity index (χ3v) is 1.59. The molecule has 1 amide bonds. The summed E-state index contributed by atoms with van der Waals surface area (Å²) in [4.78, 5) is 21.3. The van der Waals surface area contributed by atoms with Crippen LogP contribution in [0, 0.1) is 11.3 Å². The van der Waals surface area contributed by atoms with Crippen molar-refractivity contribution < 1.29 is 14.7 Å². The lowest BCUT2D eigenvalue weighted by Gasteiger charge is -2.00. The zero-order valence-electron chi connectivity index (χ0n) is 7.65. The van der Waals surface area contributed by atoms with Gasteiger partial charge in [0.25, 0.3) is 0 Å². The van der Waals surface area contributed by atoms with Crippen LogP contribution in [0.15, 0.2) is 6.20 Å². The Kier molecular flexibility index (Phi) is 3.40. The van der Waals surface area contributed by atoms with E-state index in [0.29, 0.717) is 0 Å². The second kappa shape index (κ2) is 4.76. The topological polar surface area (TPSA) is 119 Å². The molecule has 15 heavy (non-hydrogen) atoms. The second-order valence-electron chi connectivity index (χ2n) is 2.71. The van der Waals surface area contributed by atoms with E-state index in [2.05, 4.69) is 15.5 Å². The van der Waals surface area contributed by atoms with Gasteiger partial charge in [0.2, 0.25) is 5.91 Å². The molecule has 0 aliphatic heterocycles. The van der Waals surface area contributed by atoms with Crippen LogP contribution < -0.4 is 5.32 Å². The molecule has 1 aromatic rings. The molecular weight excluding hydrogens is 200 g/mol. The molecule has 1 rings (SSSR count). The molecular formula is C8H8N4O3. The summed E-state index contributed by atoms with van der Waals surface area (Å²) in [6.45, 7) is 0. The van der Waals surface area contributed by atoms with E-state index < -0.39 is 11.9 Å². The highest BCUT2D eigenvalue weighted by molar-refractivity contribution is 5.92. The molecule has 0 atom stereocenters. The number of anilines is 1. The maximum Gasteiger partial charge on any atom is 0.303 e. The fourth-order valence-electron chi connectivity index (χ4n) is 0.889. The first-order valence-electron chi connectivity index (χ1n) is 4.08. The van der Waals surface area contributed by atoms with Gasteiger partial charge in [0, 0.05) is 6.42 Å². The van der Waals surface area contributed by atoms with E-state index in [0.717, 1.165) is 0 Å². The largest absolute Gasteiger partial charge is 0.481 e. The Balaban J connectivity index is 2.52. The second-order valence-corrected chi connectivity index (χ2v) is 2.71. The van der Waals surface area contributed by atoms with Crippen molar-refractivity contribution in [2.45, 2.75) is 12.8 Å². The standard InChI is InChI=1S/C8H8N4O3/c9-3-5-4-10-12-8(5)11-6(13)1-2-7(14)15/h4H,1-2H2,(H,14,15)(H2,10,11,12,13). The van der Waals surface area contributed by atoms with Gasteiger partial charge in [-0.3, -0.25) is 14.7 Å². The first kappa shape index (κ1) is 10.7. The number of nitrogens with zero attached hydrogens (tertiary/aromatic N) is 2. The third-order valence-electron chi connectivity index (χ3n) is 1.59. The van der Waals surface area contributed by atoms with Crippen LogP contribution in [0.4, 0.5) is 5.82 Å². The summed E-state index contributed by atoms with van der Waals surface area (Å²) >= 11 is 0. The van der Waals surface area contributed by atoms with Crippen molar-refractivity contribution in [3.8, 4) is 6.07 Å². The molecule has 0 fully saturated rings. The normalized spacial score (nSPS) is 9.27. The van der Waals surface area contributed by atoms with Crippen molar-refractivity contribution in [2.75, 3.05) is 5.32 Å². The lowest BCUT2D eigenvalue weighted by molar-refractivity contribution is -0.138. The minimum absolute atomic E-state index is 0.140. The SMILES string of the molecule is N#Cc1cn[nH]c1NC(=O)CCC(=O)O. The smallest absolute Gasteiger partial charge is 0.303 e. The monoisotopic (exact) mass is 208 g/mol. The number of aliphatic carboxylic acids is 1. The van der Waals surface area contributed by atoms with Crippen LogP contribution in [0.3, 0.4) is 0 Å². The maximum absolute atomic E-state index is 11.2. The number of hydrogen-bond donors (Lipinski definition) is 3. The van der Waals surface area contributed by atoms with Crippen molar-refractivity contribution >= 4 is 17.7 Å². The highest BCUT2D eigenvalue weighted by Crippen LogP contribution is 2.09. The van der Waals surface area contributed by atoms with Gasteiger partial charge in [-0.1, -0.05) is 0 Å². The summed E-state index contributed by atoms with van der Waals surface area (Å²) in [6.07, 6.45) is 0.883. The lowest BCUT2D eigenvalue weighted by Crippen LogP contribution is -2.14. The fraction of sp³-hybridized carbons (Fsp3) is 0.250. The zero-order valence-corrected chi connectivity index (χ0v) is 7.65. The molecule has 0 aliphatic carbocycles. The Morgan fingerprint density at radius 2 is 2.33 bits per heavy atom. The van der Waals surface area contributed by atoms with Crippen LogP contribution in [-0.2, 0) is 9.59 Å². The summed E-state index contributed by atoms with van der Waals surface area (Å²) in [5.74, 6) is -1.33. The molecule has 3 N–H and O–H groups in total. The molecule has 0 spiro atoms. The number of H-pyrrole nitrogens is 1. The van der Waals surface area contributed by atoms with E-state index in [9.17, 15) is 9.59 Å². The minimum atomic E-state index is -1.05. The molecule has 1 aromatic heterocycles. The van der Waals surface area contributed by atoms with Crippen LogP contribution in [0.1, 0.15) is 18.4 Å². The third kappa shape index (κ3) is 3.11. The van der Waals surface area contributed by atoms with E-state index >= 15 is 0 Å². The predicted octanol–water partition coefficient (Wildman–Crippen LogP) is 0.0847. The highest BCUT2D eigenvalue weighted by Gasteiger charge is 2.09. The fourth-order valence-corrected chi connectivity index (χ4v) is 0.889.